The molecule has 128 valence electrons. The number of hydrogen-bond donors (Lipinski definition) is 1. The molecule has 1 amide bonds. The Morgan fingerprint density at radius 1 is 1.24 bits per heavy atom. The van der Waals surface area contributed by atoms with E-state index >= 15 is 0 Å². The van der Waals surface area contributed by atoms with Crippen molar-refractivity contribution in [1.29, 1.82) is 0 Å². The Kier molecular flexibility index (Phi) is 3.83. The van der Waals surface area contributed by atoms with E-state index in [1.54, 1.807) is 4.52 Å². The molecular weight excluding hydrogens is 316 g/mol. The molecule has 3 heterocycles. The lowest BCUT2D eigenvalue weighted by Gasteiger charge is -2.19. The summed E-state index contributed by atoms with van der Waals surface area (Å²) in [6, 6.07) is 10.1. The van der Waals surface area contributed by atoms with Crippen LogP contribution in [0.5, 0.6) is 0 Å². The lowest BCUT2D eigenvalue weighted by Crippen LogP contribution is -2.28. The standard InChI is InChI=1S/C18H20N6O/c1-12-13(2)21-18-19-11-20-24(18)17(12)22-15-8-16(25)23(10-15)9-14-6-4-3-5-7-14/h3-7,11,15,22H,8-10H2,1-2H3. The van der Waals surface area contributed by atoms with E-state index < -0.39 is 0 Å². The second-order valence-corrected chi connectivity index (χ2v) is 6.45. The van der Waals surface area contributed by atoms with Gasteiger partial charge in [0.05, 0.1) is 6.04 Å². The quantitative estimate of drug-likeness (QED) is 0.788. The number of aromatic nitrogens is 4. The maximum absolute atomic E-state index is 12.4. The first-order valence-electron chi connectivity index (χ1n) is 8.37. The van der Waals surface area contributed by atoms with Gasteiger partial charge in [0.25, 0.3) is 5.78 Å². The number of aryl methyl sites for hydroxylation is 1. The first-order valence-corrected chi connectivity index (χ1v) is 8.37. The van der Waals surface area contributed by atoms with Gasteiger partial charge in [-0.1, -0.05) is 30.3 Å². The number of carbonyl (C=O) groups excluding carboxylic acids is 1. The third kappa shape index (κ3) is 2.93. The second-order valence-electron chi connectivity index (χ2n) is 6.45. The molecule has 0 spiro atoms. The number of amides is 1. The Bertz CT molecular complexity index is 920. The minimum atomic E-state index is 0.0455. The predicted molar refractivity (Wildman–Crippen MR) is 94.1 cm³/mol. The monoisotopic (exact) mass is 336 g/mol. The number of nitrogens with one attached hydrogen (secondary N) is 1. The van der Waals surface area contributed by atoms with Crippen LogP contribution < -0.4 is 5.32 Å². The summed E-state index contributed by atoms with van der Waals surface area (Å²) < 4.78 is 1.70. The van der Waals surface area contributed by atoms with Gasteiger partial charge in [-0.05, 0) is 19.4 Å². The number of rotatable bonds is 4. The van der Waals surface area contributed by atoms with Crippen molar-refractivity contribution in [3.05, 3.63) is 53.5 Å². The number of carbonyl (C=O) groups is 1. The molecule has 0 aliphatic carbocycles. The zero-order valence-corrected chi connectivity index (χ0v) is 14.3. The molecule has 0 radical (unpaired) electrons. The molecule has 7 heteroatoms. The van der Waals surface area contributed by atoms with Gasteiger partial charge in [-0.25, -0.2) is 4.98 Å². The highest BCUT2D eigenvalue weighted by Crippen LogP contribution is 2.23. The zero-order chi connectivity index (χ0) is 17.4. The van der Waals surface area contributed by atoms with Crippen LogP contribution in [-0.2, 0) is 11.3 Å². The van der Waals surface area contributed by atoms with Gasteiger partial charge in [-0.2, -0.15) is 14.6 Å². The summed E-state index contributed by atoms with van der Waals surface area (Å²) in [5, 5.41) is 7.73. The van der Waals surface area contributed by atoms with Gasteiger partial charge >= 0.3 is 0 Å². The van der Waals surface area contributed by atoms with Crippen LogP contribution in [0.15, 0.2) is 36.7 Å². The minimum absolute atomic E-state index is 0.0455. The molecule has 0 bridgehead atoms. The van der Waals surface area contributed by atoms with Crippen molar-refractivity contribution in [2.75, 3.05) is 11.9 Å². The Hall–Kier alpha value is -2.96. The fourth-order valence-electron chi connectivity index (χ4n) is 3.22. The van der Waals surface area contributed by atoms with Crippen LogP contribution in [0.2, 0.25) is 0 Å². The summed E-state index contributed by atoms with van der Waals surface area (Å²) >= 11 is 0. The highest BCUT2D eigenvalue weighted by Gasteiger charge is 2.30. The molecule has 1 saturated heterocycles. The molecule has 1 fully saturated rings. The van der Waals surface area contributed by atoms with Crippen LogP contribution in [0.3, 0.4) is 0 Å². The summed E-state index contributed by atoms with van der Waals surface area (Å²) in [7, 11) is 0. The Morgan fingerprint density at radius 2 is 2.04 bits per heavy atom. The number of fused-ring (bicyclic) bond motifs is 1. The topological polar surface area (TPSA) is 75.4 Å². The van der Waals surface area contributed by atoms with Crippen molar-refractivity contribution in [2.45, 2.75) is 32.9 Å². The fraction of sp³-hybridized carbons (Fsp3) is 0.333. The summed E-state index contributed by atoms with van der Waals surface area (Å²) in [6.07, 6.45) is 1.97. The van der Waals surface area contributed by atoms with E-state index in [1.807, 2.05) is 49.1 Å². The summed E-state index contributed by atoms with van der Waals surface area (Å²) in [5.74, 6) is 1.59. The Morgan fingerprint density at radius 3 is 2.84 bits per heavy atom. The molecule has 4 rings (SSSR count). The second kappa shape index (κ2) is 6.16. The smallest absolute Gasteiger partial charge is 0.254 e. The molecule has 0 saturated carbocycles. The SMILES string of the molecule is Cc1nc2ncnn2c(NC2CC(=O)N(Cc3ccccc3)C2)c1C. The summed E-state index contributed by atoms with van der Waals surface area (Å²) in [5.41, 5.74) is 3.08. The van der Waals surface area contributed by atoms with E-state index in [-0.39, 0.29) is 11.9 Å². The van der Waals surface area contributed by atoms with E-state index in [0.717, 1.165) is 22.6 Å². The van der Waals surface area contributed by atoms with Gasteiger partial charge in [-0.3, -0.25) is 4.79 Å². The number of anilines is 1. The molecule has 1 N–H and O–H groups in total. The van der Waals surface area contributed by atoms with Crippen molar-refractivity contribution in [3.8, 4) is 0 Å². The maximum Gasteiger partial charge on any atom is 0.254 e. The van der Waals surface area contributed by atoms with Crippen molar-refractivity contribution < 1.29 is 4.79 Å². The number of nitrogens with zero attached hydrogens (tertiary/aromatic N) is 5. The molecule has 3 aromatic rings. The normalized spacial score (nSPS) is 17.4. The number of likely N-dealkylation sites (tertiary alicyclic amines) is 1. The van der Waals surface area contributed by atoms with Crippen molar-refractivity contribution in [1.82, 2.24) is 24.5 Å². The average Bonchev–Trinajstić information content (AvgIpc) is 3.19. The average molecular weight is 336 g/mol. The van der Waals surface area contributed by atoms with Crippen molar-refractivity contribution in [3.63, 3.8) is 0 Å². The number of benzene rings is 1. The first kappa shape index (κ1) is 15.6. The largest absolute Gasteiger partial charge is 0.365 e. The van der Waals surface area contributed by atoms with Crippen molar-refractivity contribution >= 4 is 17.5 Å². The third-order valence-electron chi connectivity index (χ3n) is 4.68. The lowest BCUT2D eigenvalue weighted by atomic mass is 10.2. The fourth-order valence-corrected chi connectivity index (χ4v) is 3.22. The van der Waals surface area contributed by atoms with Crippen LogP contribution in [0.4, 0.5) is 5.82 Å². The van der Waals surface area contributed by atoms with E-state index in [2.05, 4.69) is 20.4 Å². The van der Waals surface area contributed by atoms with E-state index in [1.165, 1.54) is 6.33 Å². The molecule has 1 unspecified atom stereocenters. The highest BCUT2D eigenvalue weighted by molar-refractivity contribution is 5.80. The lowest BCUT2D eigenvalue weighted by molar-refractivity contribution is -0.128. The molecule has 2 aromatic heterocycles. The Balaban J connectivity index is 1.54. The molecule has 1 atom stereocenters. The van der Waals surface area contributed by atoms with Crippen molar-refractivity contribution in [2.24, 2.45) is 0 Å². The van der Waals surface area contributed by atoms with Gasteiger partial charge in [-0.15, -0.1) is 0 Å². The summed E-state index contributed by atoms with van der Waals surface area (Å²) in [4.78, 5) is 22.9. The van der Waals surface area contributed by atoms with Gasteiger partial charge in [0.1, 0.15) is 12.1 Å². The summed E-state index contributed by atoms with van der Waals surface area (Å²) in [6.45, 7) is 5.27. The number of hydrogen-bond acceptors (Lipinski definition) is 5. The minimum Gasteiger partial charge on any atom is -0.365 e. The van der Waals surface area contributed by atoms with Gasteiger partial charge in [0.2, 0.25) is 5.91 Å². The molecule has 1 aliphatic heterocycles. The van der Waals surface area contributed by atoms with E-state index in [9.17, 15) is 4.79 Å². The van der Waals surface area contributed by atoms with Crippen LogP contribution in [0, 0.1) is 13.8 Å². The maximum atomic E-state index is 12.4. The molecule has 25 heavy (non-hydrogen) atoms. The van der Waals surface area contributed by atoms with Gasteiger partial charge < -0.3 is 10.2 Å². The van der Waals surface area contributed by atoms with E-state index in [4.69, 9.17) is 0 Å². The molecule has 1 aromatic carbocycles. The Labute approximate surface area is 145 Å². The predicted octanol–water partition coefficient (Wildman–Crippen LogP) is 1.95. The highest BCUT2D eigenvalue weighted by atomic mass is 16.2. The van der Waals surface area contributed by atoms with Crippen LogP contribution >= 0.6 is 0 Å². The molecule has 7 nitrogen and oxygen atoms in total. The third-order valence-corrected chi connectivity index (χ3v) is 4.68. The van der Waals surface area contributed by atoms with Gasteiger partial charge in [0, 0.05) is 30.8 Å². The van der Waals surface area contributed by atoms with Crippen LogP contribution in [-0.4, -0.2) is 43.0 Å². The first-order chi connectivity index (χ1) is 12.1. The van der Waals surface area contributed by atoms with Gasteiger partial charge in [0.15, 0.2) is 0 Å². The zero-order valence-electron chi connectivity index (χ0n) is 14.3. The van der Waals surface area contributed by atoms with Crippen LogP contribution in [0.1, 0.15) is 23.2 Å². The molecular formula is C18H20N6O. The van der Waals surface area contributed by atoms with Crippen LogP contribution in [0.25, 0.3) is 5.78 Å². The molecule has 1 aliphatic rings. The van der Waals surface area contributed by atoms with E-state index in [0.29, 0.717) is 25.3 Å².